The summed E-state index contributed by atoms with van der Waals surface area (Å²) in [7, 11) is 0. The highest BCUT2D eigenvalue weighted by Crippen LogP contribution is 2.19. The summed E-state index contributed by atoms with van der Waals surface area (Å²) in [6.45, 7) is 0.165. The van der Waals surface area contributed by atoms with E-state index in [4.69, 9.17) is 16.0 Å². The Kier molecular flexibility index (Phi) is 6.23. The summed E-state index contributed by atoms with van der Waals surface area (Å²) in [5.41, 5.74) is -0.0954. The molecule has 0 unspecified atom stereocenters. The van der Waals surface area contributed by atoms with Crippen molar-refractivity contribution in [3.8, 4) is 0 Å². The Bertz CT molecular complexity index is 1390. The summed E-state index contributed by atoms with van der Waals surface area (Å²) in [6, 6.07) is 14.1. The molecule has 0 fully saturated rings. The highest BCUT2D eigenvalue weighted by Gasteiger charge is 2.15. The van der Waals surface area contributed by atoms with Crippen molar-refractivity contribution in [3.63, 3.8) is 0 Å². The van der Waals surface area contributed by atoms with E-state index in [0.29, 0.717) is 22.2 Å². The van der Waals surface area contributed by atoms with Gasteiger partial charge in [-0.1, -0.05) is 29.8 Å². The lowest BCUT2D eigenvalue weighted by atomic mass is 10.2. The maximum atomic E-state index is 13.4. The molecular weight excluding hydrogens is 437 g/mol. The Morgan fingerprint density at radius 1 is 1.06 bits per heavy atom. The van der Waals surface area contributed by atoms with Crippen molar-refractivity contribution in [2.45, 2.75) is 26.1 Å². The van der Waals surface area contributed by atoms with Gasteiger partial charge >= 0.3 is 5.69 Å². The van der Waals surface area contributed by atoms with Crippen molar-refractivity contribution in [2.75, 3.05) is 0 Å². The van der Waals surface area contributed by atoms with E-state index in [0.717, 1.165) is 4.57 Å². The van der Waals surface area contributed by atoms with E-state index in [1.54, 1.807) is 36.4 Å². The summed E-state index contributed by atoms with van der Waals surface area (Å²) in [6.07, 6.45) is 1.44. The average molecular weight is 456 g/mol. The van der Waals surface area contributed by atoms with E-state index in [9.17, 15) is 18.8 Å². The van der Waals surface area contributed by atoms with Crippen LogP contribution in [0.2, 0.25) is 5.02 Å². The number of hydrogen-bond acceptors (Lipinski definition) is 4. The standard InChI is InChI=1S/C23H19ClFN3O4/c24-19-12-16(25)8-7-15(19)14-28-20-6-2-1-5-18(20)22(30)27(23(28)31)10-9-21(29)26-13-17-4-3-11-32-17/h1-8,11-12H,9-10,13-14H2,(H,26,29). The molecule has 1 amide bonds. The largest absolute Gasteiger partial charge is 0.467 e. The minimum atomic E-state index is -0.576. The molecule has 0 radical (unpaired) electrons. The van der Waals surface area contributed by atoms with Crippen molar-refractivity contribution in [1.82, 2.24) is 14.5 Å². The van der Waals surface area contributed by atoms with Gasteiger partial charge in [-0.05, 0) is 42.0 Å². The van der Waals surface area contributed by atoms with Gasteiger partial charge < -0.3 is 9.73 Å². The van der Waals surface area contributed by atoms with Gasteiger partial charge in [0.05, 0.1) is 30.3 Å². The van der Waals surface area contributed by atoms with Crippen molar-refractivity contribution >= 4 is 28.4 Å². The van der Waals surface area contributed by atoms with Gasteiger partial charge in [-0.3, -0.25) is 18.7 Å². The molecule has 7 nitrogen and oxygen atoms in total. The van der Waals surface area contributed by atoms with Crippen molar-refractivity contribution in [1.29, 1.82) is 0 Å². The molecule has 1 N–H and O–H groups in total. The number of nitrogens with zero attached hydrogens (tertiary/aromatic N) is 2. The van der Waals surface area contributed by atoms with E-state index in [1.807, 2.05) is 0 Å². The van der Waals surface area contributed by atoms with Crippen molar-refractivity contribution in [2.24, 2.45) is 0 Å². The molecule has 0 aliphatic heterocycles. The fourth-order valence-electron chi connectivity index (χ4n) is 3.44. The minimum Gasteiger partial charge on any atom is -0.467 e. The van der Waals surface area contributed by atoms with Gasteiger partial charge in [0.15, 0.2) is 0 Å². The quantitative estimate of drug-likeness (QED) is 0.463. The number of aromatic nitrogens is 2. The maximum absolute atomic E-state index is 13.4. The van der Waals surface area contributed by atoms with Gasteiger partial charge in [0.25, 0.3) is 5.56 Å². The molecule has 0 aliphatic carbocycles. The number of hydrogen-bond donors (Lipinski definition) is 1. The highest BCUT2D eigenvalue weighted by atomic mass is 35.5. The van der Waals surface area contributed by atoms with Crippen LogP contribution in [0.3, 0.4) is 0 Å². The highest BCUT2D eigenvalue weighted by molar-refractivity contribution is 6.31. The number of para-hydroxylation sites is 1. The van der Waals surface area contributed by atoms with Crippen LogP contribution in [0.15, 0.2) is 74.9 Å². The summed E-state index contributed by atoms with van der Waals surface area (Å²) >= 11 is 6.15. The second kappa shape index (κ2) is 9.23. The molecule has 0 spiro atoms. The van der Waals surface area contributed by atoms with E-state index < -0.39 is 17.1 Å². The topological polar surface area (TPSA) is 86.2 Å². The first-order chi connectivity index (χ1) is 15.4. The Labute approximate surface area is 186 Å². The normalized spacial score (nSPS) is 11.1. The van der Waals surface area contributed by atoms with Crippen LogP contribution < -0.4 is 16.6 Å². The third-order valence-corrected chi connectivity index (χ3v) is 5.43. The van der Waals surface area contributed by atoms with Crippen LogP contribution in [0.5, 0.6) is 0 Å². The number of nitrogens with one attached hydrogen (secondary N) is 1. The Balaban J connectivity index is 1.64. The van der Waals surface area contributed by atoms with Crippen LogP contribution in [-0.4, -0.2) is 15.0 Å². The van der Waals surface area contributed by atoms with E-state index >= 15 is 0 Å². The molecule has 0 bridgehead atoms. The molecule has 0 aliphatic rings. The Hall–Kier alpha value is -3.65. The molecule has 2 aromatic heterocycles. The SMILES string of the molecule is O=C(CCn1c(=O)c2ccccc2n(Cc2ccc(F)cc2Cl)c1=O)NCc1ccco1. The Morgan fingerprint density at radius 3 is 2.62 bits per heavy atom. The zero-order valence-corrected chi connectivity index (χ0v) is 17.6. The lowest BCUT2D eigenvalue weighted by Crippen LogP contribution is -2.41. The number of fused-ring (bicyclic) bond motifs is 1. The average Bonchev–Trinajstić information content (AvgIpc) is 3.30. The predicted octanol–water partition coefficient (Wildman–Crippen LogP) is 3.30. The predicted molar refractivity (Wildman–Crippen MR) is 118 cm³/mol. The van der Waals surface area contributed by atoms with Crippen LogP contribution in [-0.2, 0) is 24.4 Å². The summed E-state index contributed by atoms with van der Waals surface area (Å²) in [5, 5.41) is 3.20. The van der Waals surface area contributed by atoms with Gasteiger partial charge in [0, 0.05) is 18.0 Å². The zero-order chi connectivity index (χ0) is 22.7. The van der Waals surface area contributed by atoms with Gasteiger partial charge in [-0.2, -0.15) is 0 Å². The third kappa shape index (κ3) is 4.50. The van der Waals surface area contributed by atoms with E-state index in [-0.39, 0.29) is 37.0 Å². The molecular formula is C23H19ClFN3O4. The summed E-state index contributed by atoms with van der Waals surface area (Å²) in [5.74, 6) is -0.213. The number of carbonyl (C=O) groups excluding carboxylic acids is 1. The fourth-order valence-corrected chi connectivity index (χ4v) is 3.67. The number of furan rings is 1. The van der Waals surface area contributed by atoms with Crippen LogP contribution in [0.4, 0.5) is 4.39 Å². The Morgan fingerprint density at radius 2 is 1.88 bits per heavy atom. The van der Waals surface area contributed by atoms with Crippen LogP contribution in [0.1, 0.15) is 17.7 Å². The molecule has 0 atom stereocenters. The monoisotopic (exact) mass is 455 g/mol. The van der Waals surface area contributed by atoms with Gasteiger partial charge in [-0.25, -0.2) is 9.18 Å². The number of rotatable bonds is 7. The number of halogens is 2. The molecule has 0 saturated heterocycles. The van der Waals surface area contributed by atoms with Crippen LogP contribution >= 0.6 is 11.6 Å². The fraction of sp³-hybridized carbons (Fsp3) is 0.174. The molecule has 2 aromatic carbocycles. The van der Waals surface area contributed by atoms with Crippen LogP contribution in [0, 0.1) is 5.82 Å². The van der Waals surface area contributed by atoms with Gasteiger partial charge in [0.2, 0.25) is 5.91 Å². The lowest BCUT2D eigenvalue weighted by Gasteiger charge is -2.15. The number of benzene rings is 2. The molecule has 4 rings (SSSR count). The summed E-state index contributed by atoms with van der Waals surface area (Å²) < 4.78 is 21.0. The van der Waals surface area contributed by atoms with E-state index in [1.165, 1.54) is 29.0 Å². The third-order valence-electron chi connectivity index (χ3n) is 5.08. The van der Waals surface area contributed by atoms with Crippen molar-refractivity contribution in [3.05, 3.63) is 104 Å². The van der Waals surface area contributed by atoms with E-state index in [2.05, 4.69) is 5.32 Å². The molecule has 2 heterocycles. The number of amides is 1. The van der Waals surface area contributed by atoms with Gasteiger partial charge in [-0.15, -0.1) is 0 Å². The second-order valence-electron chi connectivity index (χ2n) is 7.18. The molecule has 164 valence electrons. The molecule has 32 heavy (non-hydrogen) atoms. The number of carbonyl (C=O) groups is 1. The molecule has 0 saturated carbocycles. The smallest absolute Gasteiger partial charge is 0.331 e. The maximum Gasteiger partial charge on any atom is 0.331 e. The zero-order valence-electron chi connectivity index (χ0n) is 16.9. The first-order valence-electron chi connectivity index (χ1n) is 9.89. The second-order valence-corrected chi connectivity index (χ2v) is 7.59. The van der Waals surface area contributed by atoms with Gasteiger partial charge in [0.1, 0.15) is 11.6 Å². The van der Waals surface area contributed by atoms with Crippen molar-refractivity contribution < 1.29 is 13.6 Å². The summed E-state index contributed by atoms with van der Waals surface area (Å²) in [4.78, 5) is 38.4. The first-order valence-corrected chi connectivity index (χ1v) is 10.3. The molecule has 4 aromatic rings. The minimum absolute atomic E-state index is 0.0451. The lowest BCUT2D eigenvalue weighted by molar-refractivity contribution is -0.121. The van der Waals surface area contributed by atoms with Crippen LogP contribution in [0.25, 0.3) is 10.9 Å². The molecule has 9 heteroatoms. The first kappa shape index (κ1) is 21.6.